The number of fused-ring (bicyclic) bond motifs is 1. The van der Waals surface area contributed by atoms with E-state index in [-0.39, 0.29) is 12.6 Å². The van der Waals surface area contributed by atoms with E-state index in [1.165, 1.54) is 0 Å². The highest BCUT2D eigenvalue weighted by molar-refractivity contribution is 5.96. The molecule has 0 spiro atoms. The Bertz CT molecular complexity index is 1300. The molecule has 3 aromatic carbocycles. The summed E-state index contributed by atoms with van der Waals surface area (Å²) < 4.78 is 5.09. The first-order valence-corrected chi connectivity index (χ1v) is 10.5. The number of rotatable bonds is 6. The average molecular weight is 428 g/mol. The number of aryl methyl sites for hydroxylation is 1. The van der Waals surface area contributed by atoms with Crippen molar-refractivity contribution in [3.63, 3.8) is 0 Å². The molecule has 0 unspecified atom stereocenters. The number of hydrogen-bond acceptors (Lipinski definition) is 6. The van der Waals surface area contributed by atoms with Gasteiger partial charge in [-0.3, -0.25) is 0 Å². The molecule has 0 saturated heterocycles. The number of carbonyl (C=O) groups excluding carboxylic acids is 1. The van der Waals surface area contributed by atoms with Crippen LogP contribution in [0.1, 0.15) is 34.2 Å². The van der Waals surface area contributed by atoms with Crippen LogP contribution in [-0.2, 0) is 17.9 Å². The van der Waals surface area contributed by atoms with E-state index < -0.39 is 0 Å². The minimum absolute atomic E-state index is 0.223. The van der Waals surface area contributed by atoms with Crippen molar-refractivity contribution < 1.29 is 14.6 Å². The predicted octanol–water partition coefficient (Wildman–Crippen LogP) is 4.40. The second-order valence-electron chi connectivity index (χ2n) is 7.51. The summed E-state index contributed by atoms with van der Waals surface area (Å²) in [6, 6.07) is 19.2. The van der Waals surface area contributed by atoms with E-state index >= 15 is 0 Å². The normalized spacial score (nSPS) is 11.0. The van der Waals surface area contributed by atoms with Crippen molar-refractivity contribution in [3.8, 4) is 22.5 Å². The number of ether oxygens (including phenoxy) is 1. The van der Waals surface area contributed by atoms with Gasteiger partial charge in [-0.2, -0.15) is 0 Å². The van der Waals surface area contributed by atoms with Crippen LogP contribution in [0.15, 0.2) is 60.7 Å². The van der Waals surface area contributed by atoms with Gasteiger partial charge < -0.3 is 15.6 Å². The molecule has 3 N–H and O–H groups in total. The lowest BCUT2D eigenvalue weighted by Gasteiger charge is -2.13. The van der Waals surface area contributed by atoms with Crippen LogP contribution in [0.3, 0.4) is 0 Å². The molecule has 0 fully saturated rings. The zero-order valence-electron chi connectivity index (χ0n) is 18.1. The van der Waals surface area contributed by atoms with Crippen LogP contribution in [0.25, 0.3) is 33.3 Å². The quantitative estimate of drug-likeness (QED) is 0.443. The molecule has 1 aromatic heterocycles. The summed E-state index contributed by atoms with van der Waals surface area (Å²) in [4.78, 5) is 21.5. The minimum Gasteiger partial charge on any atom is -0.462 e. The number of hydrogen-bond donors (Lipinski definition) is 2. The van der Waals surface area contributed by atoms with E-state index in [1.54, 1.807) is 13.0 Å². The molecule has 0 aliphatic heterocycles. The van der Waals surface area contributed by atoms with Crippen LogP contribution in [0.2, 0.25) is 0 Å². The van der Waals surface area contributed by atoms with E-state index in [0.717, 1.165) is 33.2 Å². The van der Waals surface area contributed by atoms with Gasteiger partial charge in [0.25, 0.3) is 0 Å². The average Bonchev–Trinajstić information content (AvgIpc) is 2.83. The van der Waals surface area contributed by atoms with Crippen LogP contribution in [0.5, 0.6) is 0 Å². The number of nitrogens with zero attached hydrogens (tertiary/aromatic N) is 2. The molecule has 32 heavy (non-hydrogen) atoms. The van der Waals surface area contributed by atoms with Crippen molar-refractivity contribution in [1.82, 2.24) is 9.97 Å². The Morgan fingerprint density at radius 1 is 0.969 bits per heavy atom. The zero-order chi connectivity index (χ0) is 22.7. The topological polar surface area (TPSA) is 98.3 Å². The molecule has 0 bridgehead atoms. The van der Waals surface area contributed by atoms with Crippen molar-refractivity contribution in [3.05, 3.63) is 83.2 Å². The highest BCUT2D eigenvalue weighted by atomic mass is 16.5. The second kappa shape index (κ2) is 9.26. The fraction of sp³-hybridized carbons (Fsp3) is 0.192. The first-order chi connectivity index (χ1) is 15.5. The van der Waals surface area contributed by atoms with E-state index in [9.17, 15) is 9.90 Å². The Kier molecular flexibility index (Phi) is 6.25. The lowest BCUT2D eigenvalue weighted by molar-refractivity contribution is 0.0526. The molecule has 4 aromatic rings. The molecule has 0 aliphatic carbocycles. The zero-order valence-corrected chi connectivity index (χ0v) is 18.1. The van der Waals surface area contributed by atoms with Crippen LogP contribution >= 0.6 is 0 Å². The number of aliphatic hydroxyl groups is 1. The Hall–Kier alpha value is -3.61. The third-order valence-corrected chi connectivity index (χ3v) is 5.35. The maximum Gasteiger partial charge on any atom is 0.338 e. The fourth-order valence-electron chi connectivity index (χ4n) is 3.75. The Morgan fingerprint density at radius 3 is 2.47 bits per heavy atom. The maximum atomic E-state index is 12.0. The summed E-state index contributed by atoms with van der Waals surface area (Å²) in [5, 5.41) is 11.9. The van der Waals surface area contributed by atoms with Gasteiger partial charge in [-0.1, -0.05) is 36.4 Å². The van der Waals surface area contributed by atoms with Crippen molar-refractivity contribution in [2.24, 2.45) is 5.73 Å². The highest BCUT2D eigenvalue weighted by Crippen LogP contribution is 2.29. The Labute approximate surface area is 186 Å². The smallest absolute Gasteiger partial charge is 0.338 e. The number of aromatic nitrogens is 2. The molecule has 0 saturated carbocycles. The van der Waals surface area contributed by atoms with E-state index in [0.29, 0.717) is 35.8 Å². The third-order valence-electron chi connectivity index (χ3n) is 5.35. The van der Waals surface area contributed by atoms with Gasteiger partial charge in [0, 0.05) is 17.7 Å². The summed E-state index contributed by atoms with van der Waals surface area (Å²) in [5.74, 6) is -0.331. The van der Waals surface area contributed by atoms with Gasteiger partial charge in [0.1, 0.15) is 0 Å². The van der Waals surface area contributed by atoms with Crippen molar-refractivity contribution >= 4 is 16.7 Å². The summed E-state index contributed by atoms with van der Waals surface area (Å²) >= 11 is 0. The van der Waals surface area contributed by atoms with Gasteiger partial charge in [0.15, 0.2) is 0 Å². The summed E-state index contributed by atoms with van der Waals surface area (Å²) in [7, 11) is 0. The van der Waals surface area contributed by atoms with Crippen molar-refractivity contribution in [2.75, 3.05) is 6.61 Å². The molecule has 0 amide bonds. The largest absolute Gasteiger partial charge is 0.462 e. The Balaban J connectivity index is 1.75. The molecule has 0 radical (unpaired) electrons. The molecular weight excluding hydrogens is 402 g/mol. The van der Waals surface area contributed by atoms with Crippen molar-refractivity contribution in [2.45, 2.75) is 27.0 Å². The molecule has 0 aliphatic rings. The van der Waals surface area contributed by atoms with Gasteiger partial charge in [-0.25, -0.2) is 14.8 Å². The van der Waals surface area contributed by atoms with Crippen LogP contribution in [0.4, 0.5) is 0 Å². The summed E-state index contributed by atoms with van der Waals surface area (Å²) in [6.07, 6.45) is 0. The Morgan fingerprint density at radius 2 is 1.72 bits per heavy atom. The fourth-order valence-corrected chi connectivity index (χ4v) is 3.75. The van der Waals surface area contributed by atoms with Gasteiger partial charge in [0.05, 0.1) is 41.6 Å². The molecule has 0 atom stereocenters. The summed E-state index contributed by atoms with van der Waals surface area (Å²) in [6.45, 7) is 4.25. The van der Waals surface area contributed by atoms with E-state index in [4.69, 9.17) is 20.4 Å². The van der Waals surface area contributed by atoms with Crippen molar-refractivity contribution in [1.29, 1.82) is 0 Å². The number of benzene rings is 3. The maximum absolute atomic E-state index is 12.0. The number of aliphatic hydroxyl groups excluding tert-OH is 1. The lowest BCUT2D eigenvalue weighted by atomic mass is 10.0. The van der Waals surface area contributed by atoms with Crippen LogP contribution in [-0.4, -0.2) is 27.7 Å². The minimum atomic E-state index is -0.331. The molecule has 6 nitrogen and oxygen atoms in total. The molecule has 4 rings (SSSR count). The predicted molar refractivity (Wildman–Crippen MR) is 125 cm³/mol. The van der Waals surface area contributed by atoms with E-state index in [1.807, 2.05) is 61.5 Å². The molecule has 1 heterocycles. The van der Waals surface area contributed by atoms with Gasteiger partial charge in [-0.15, -0.1) is 0 Å². The van der Waals surface area contributed by atoms with Gasteiger partial charge in [0.2, 0.25) is 0 Å². The molecule has 6 heteroatoms. The standard InChI is InChI=1S/C26H25N3O3/c1-3-32-26(31)22-10-8-18-12-21(9-7-19(18)13-22)24-16(2)28-25(23(15-30)29-24)20-6-4-5-17(11-20)14-27/h4-13,30H,3,14-15,27H2,1-2H3. The summed E-state index contributed by atoms with van der Waals surface area (Å²) in [5.41, 5.74) is 11.7. The van der Waals surface area contributed by atoms with Crippen LogP contribution in [0, 0.1) is 6.92 Å². The second-order valence-corrected chi connectivity index (χ2v) is 7.51. The molecular formula is C26H25N3O3. The van der Waals surface area contributed by atoms with E-state index in [2.05, 4.69) is 0 Å². The first-order valence-electron chi connectivity index (χ1n) is 10.5. The van der Waals surface area contributed by atoms with Gasteiger partial charge in [-0.05, 0) is 54.4 Å². The van der Waals surface area contributed by atoms with Gasteiger partial charge >= 0.3 is 5.97 Å². The lowest BCUT2D eigenvalue weighted by Crippen LogP contribution is -2.04. The molecule has 162 valence electrons. The number of esters is 1. The third kappa shape index (κ3) is 4.23. The number of carbonyl (C=O) groups is 1. The highest BCUT2D eigenvalue weighted by Gasteiger charge is 2.15. The van der Waals surface area contributed by atoms with Crippen LogP contribution < -0.4 is 5.73 Å². The SMILES string of the molecule is CCOC(=O)c1ccc2cc(-c3nc(CO)c(-c4cccc(CN)c4)nc3C)ccc2c1. The number of nitrogens with two attached hydrogens (primary N) is 1. The monoisotopic (exact) mass is 427 g/mol. The first kappa shape index (κ1) is 21.6.